The molecule has 0 aromatic carbocycles. The van der Waals surface area contributed by atoms with E-state index in [0.29, 0.717) is 0 Å². The number of carbonyl (C=O) groups is 5. The maximum absolute atomic E-state index is 11.1. The summed E-state index contributed by atoms with van der Waals surface area (Å²) >= 11 is 0. The van der Waals surface area contributed by atoms with Gasteiger partial charge < -0.3 is 19.7 Å². The van der Waals surface area contributed by atoms with Gasteiger partial charge in [-0.05, 0) is 0 Å². The monoisotopic (exact) mass is 342 g/mol. The predicted octanol–water partition coefficient (Wildman–Crippen LogP) is -1.27. The van der Waals surface area contributed by atoms with Crippen LogP contribution in [0, 0.1) is 23.7 Å². The van der Waals surface area contributed by atoms with Crippen LogP contribution in [0.5, 0.6) is 0 Å². The SMILES string of the molecule is COC(=O)C1CC(=O)CC1C(O)O.O=C1CC2C(=O)OC(=O)C2C1. The average Bonchev–Trinajstić information content (AvgIpc) is 3.16. The zero-order chi connectivity index (χ0) is 18.0. The van der Waals surface area contributed by atoms with Crippen LogP contribution in [-0.2, 0) is 33.4 Å². The van der Waals surface area contributed by atoms with Crippen molar-refractivity contribution in [3.05, 3.63) is 0 Å². The molecule has 3 fully saturated rings. The lowest BCUT2D eigenvalue weighted by atomic mass is 9.96. The van der Waals surface area contributed by atoms with E-state index in [0.717, 1.165) is 0 Å². The highest BCUT2D eigenvalue weighted by Gasteiger charge is 2.50. The minimum Gasteiger partial charge on any atom is -0.469 e. The number of fused-ring (bicyclic) bond motifs is 1. The summed E-state index contributed by atoms with van der Waals surface area (Å²) in [7, 11) is 1.21. The molecule has 1 aliphatic heterocycles. The van der Waals surface area contributed by atoms with Crippen LogP contribution in [0.2, 0.25) is 0 Å². The van der Waals surface area contributed by atoms with E-state index in [1.807, 2.05) is 0 Å². The van der Waals surface area contributed by atoms with Crippen molar-refractivity contribution in [2.45, 2.75) is 32.0 Å². The van der Waals surface area contributed by atoms with E-state index in [-0.39, 0.29) is 37.2 Å². The van der Waals surface area contributed by atoms with E-state index in [1.54, 1.807) is 0 Å². The first-order valence-corrected chi connectivity index (χ1v) is 7.47. The van der Waals surface area contributed by atoms with Crippen molar-refractivity contribution in [1.29, 1.82) is 0 Å². The van der Waals surface area contributed by atoms with Gasteiger partial charge in [0, 0.05) is 31.6 Å². The molecule has 0 aromatic heterocycles. The van der Waals surface area contributed by atoms with Gasteiger partial charge in [-0.25, -0.2) is 0 Å². The molecule has 0 amide bonds. The van der Waals surface area contributed by atoms with E-state index in [9.17, 15) is 24.0 Å². The normalized spacial score (nSPS) is 31.7. The largest absolute Gasteiger partial charge is 0.469 e. The summed E-state index contributed by atoms with van der Waals surface area (Å²) in [6.07, 6.45) is -1.16. The molecule has 1 saturated heterocycles. The van der Waals surface area contributed by atoms with E-state index in [1.165, 1.54) is 7.11 Å². The van der Waals surface area contributed by atoms with Gasteiger partial charge in [-0.2, -0.15) is 0 Å². The Hall–Kier alpha value is -2.13. The van der Waals surface area contributed by atoms with Crippen molar-refractivity contribution >= 4 is 29.5 Å². The Morgan fingerprint density at radius 1 is 1.00 bits per heavy atom. The van der Waals surface area contributed by atoms with Crippen LogP contribution in [0.4, 0.5) is 0 Å². The molecule has 0 spiro atoms. The van der Waals surface area contributed by atoms with E-state index >= 15 is 0 Å². The Bertz CT molecular complexity index is 555. The maximum atomic E-state index is 11.1. The van der Waals surface area contributed by atoms with Crippen LogP contribution in [0.15, 0.2) is 0 Å². The van der Waals surface area contributed by atoms with Gasteiger partial charge in [0.05, 0.1) is 24.9 Å². The smallest absolute Gasteiger partial charge is 0.317 e. The van der Waals surface area contributed by atoms with Crippen molar-refractivity contribution in [3.63, 3.8) is 0 Å². The highest BCUT2D eigenvalue weighted by molar-refractivity contribution is 6.03. The quantitative estimate of drug-likeness (QED) is 0.356. The predicted molar refractivity (Wildman–Crippen MR) is 73.8 cm³/mol. The van der Waals surface area contributed by atoms with Crippen LogP contribution in [0.1, 0.15) is 25.7 Å². The molecule has 9 nitrogen and oxygen atoms in total. The number of ketones is 2. The van der Waals surface area contributed by atoms with Gasteiger partial charge in [0.25, 0.3) is 0 Å². The Balaban J connectivity index is 0.000000175. The summed E-state index contributed by atoms with van der Waals surface area (Å²) in [5.74, 6) is -4.07. The number of Topliss-reactive ketones (excluding diaryl/α,β-unsaturated/α-hetero) is 2. The minimum atomic E-state index is -1.63. The van der Waals surface area contributed by atoms with Gasteiger partial charge in [0.1, 0.15) is 11.6 Å². The fraction of sp³-hybridized carbons (Fsp3) is 0.667. The summed E-state index contributed by atoms with van der Waals surface area (Å²) in [5, 5.41) is 17.8. The molecule has 1 heterocycles. The first-order valence-electron chi connectivity index (χ1n) is 7.47. The second-order valence-corrected chi connectivity index (χ2v) is 6.05. The number of cyclic esters (lactones) is 2. The number of ether oxygens (including phenoxy) is 2. The van der Waals surface area contributed by atoms with Crippen LogP contribution in [0.3, 0.4) is 0 Å². The topological polar surface area (TPSA) is 144 Å². The van der Waals surface area contributed by atoms with Crippen LogP contribution < -0.4 is 0 Å². The fourth-order valence-electron chi connectivity index (χ4n) is 3.21. The molecule has 3 aliphatic rings. The summed E-state index contributed by atoms with van der Waals surface area (Å²) < 4.78 is 8.80. The molecule has 2 saturated carbocycles. The van der Waals surface area contributed by atoms with Crippen LogP contribution in [-0.4, -0.2) is 53.1 Å². The molecule has 24 heavy (non-hydrogen) atoms. The van der Waals surface area contributed by atoms with Crippen molar-refractivity contribution in [1.82, 2.24) is 0 Å². The summed E-state index contributed by atoms with van der Waals surface area (Å²) in [5.41, 5.74) is 0. The third-order valence-corrected chi connectivity index (χ3v) is 4.50. The number of methoxy groups -OCH3 is 1. The Morgan fingerprint density at radius 3 is 1.96 bits per heavy atom. The number of aliphatic hydroxyl groups is 2. The molecule has 0 radical (unpaired) electrons. The zero-order valence-electron chi connectivity index (χ0n) is 13.0. The number of esters is 3. The number of aliphatic hydroxyl groups excluding tert-OH is 1. The first kappa shape index (κ1) is 18.2. The van der Waals surface area contributed by atoms with Gasteiger partial charge in [0.15, 0.2) is 6.29 Å². The molecule has 4 atom stereocenters. The summed E-state index contributed by atoms with van der Waals surface area (Å²) in [6, 6.07) is 0. The molecule has 4 unspecified atom stereocenters. The second kappa shape index (κ2) is 7.18. The lowest BCUT2D eigenvalue weighted by Gasteiger charge is -2.17. The Morgan fingerprint density at radius 2 is 1.50 bits per heavy atom. The summed E-state index contributed by atoms with van der Waals surface area (Å²) in [4.78, 5) is 54.5. The van der Waals surface area contributed by atoms with E-state index in [4.69, 9.17) is 10.2 Å². The third-order valence-electron chi connectivity index (χ3n) is 4.50. The Labute approximate surface area is 136 Å². The molecule has 0 bridgehead atoms. The van der Waals surface area contributed by atoms with E-state index in [2.05, 4.69) is 9.47 Å². The first-order chi connectivity index (χ1) is 11.2. The molecule has 2 N–H and O–H groups in total. The molecule has 3 rings (SSSR count). The van der Waals surface area contributed by atoms with Gasteiger partial charge in [-0.3, -0.25) is 24.0 Å². The zero-order valence-corrected chi connectivity index (χ0v) is 13.0. The number of carbonyl (C=O) groups excluding carboxylic acids is 5. The lowest BCUT2D eigenvalue weighted by Crippen LogP contribution is -2.29. The van der Waals surface area contributed by atoms with Gasteiger partial charge >= 0.3 is 17.9 Å². The molecule has 2 aliphatic carbocycles. The van der Waals surface area contributed by atoms with Crippen molar-refractivity contribution in [2.24, 2.45) is 23.7 Å². The van der Waals surface area contributed by atoms with Crippen LogP contribution >= 0.6 is 0 Å². The number of rotatable bonds is 2. The van der Waals surface area contributed by atoms with Crippen LogP contribution in [0.25, 0.3) is 0 Å². The third kappa shape index (κ3) is 3.68. The molecular formula is C15H18O9. The highest BCUT2D eigenvalue weighted by atomic mass is 16.6. The molecule has 0 aromatic rings. The number of hydrogen-bond donors (Lipinski definition) is 2. The maximum Gasteiger partial charge on any atom is 0.317 e. The highest BCUT2D eigenvalue weighted by Crippen LogP contribution is 2.36. The van der Waals surface area contributed by atoms with Crippen molar-refractivity contribution in [3.8, 4) is 0 Å². The minimum absolute atomic E-state index is 0.00926. The Kier molecular flexibility index (Phi) is 5.45. The van der Waals surface area contributed by atoms with Crippen molar-refractivity contribution in [2.75, 3.05) is 7.11 Å². The molecular weight excluding hydrogens is 324 g/mol. The van der Waals surface area contributed by atoms with Gasteiger partial charge in [-0.15, -0.1) is 0 Å². The average molecular weight is 342 g/mol. The fourth-order valence-corrected chi connectivity index (χ4v) is 3.21. The second-order valence-electron chi connectivity index (χ2n) is 6.05. The van der Waals surface area contributed by atoms with Gasteiger partial charge in [0.2, 0.25) is 0 Å². The van der Waals surface area contributed by atoms with Gasteiger partial charge in [-0.1, -0.05) is 0 Å². The molecule has 9 heteroatoms. The molecule has 132 valence electrons. The van der Waals surface area contributed by atoms with E-state index < -0.39 is 47.9 Å². The standard InChI is InChI=1S/C8H12O5.C7H6O4/c1-13-8(12)6-3-4(9)2-5(6)7(10)11;8-3-1-4-5(2-3)7(10)11-6(4)9/h5-7,10-11H,2-3H2,1H3;4-5H,1-2H2. The number of hydrogen-bond acceptors (Lipinski definition) is 9. The lowest BCUT2D eigenvalue weighted by molar-refractivity contribution is -0.155. The summed E-state index contributed by atoms with van der Waals surface area (Å²) in [6.45, 7) is 0. The van der Waals surface area contributed by atoms with Crippen molar-refractivity contribution < 1.29 is 43.7 Å².